The van der Waals surface area contributed by atoms with Gasteiger partial charge in [-0.2, -0.15) is 34.4 Å². The van der Waals surface area contributed by atoms with Crippen molar-refractivity contribution in [3.8, 4) is 0 Å². The van der Waals surface area contributed by atoms with Crippen LogP contribution in [0.3, 0.4) is 0 Å². The number of hydrogen-bond acceptors (Lipinski definition) is 0. The van der Waals surface area contributed by atoms with Crippen molar-refractivity contribution in [2.24, 2.45) is 0 Å². The number of rotatable bonds is 12. The van der Waals surface area contributed by atoms with Gasteiger partial charge in [-0.3, -0.25) is 0 Å². The van der Waals surface area contributed by atoms with Crippen molar-refractivity contribution in [3.05, 3.63) is 58.7 Å². The number of aryl methyl sites for hydroxylation is 4. The van der Waals surface area contributed by atoms with Gasteiger partial charge in [0.1, 0.15) is 0 Å². The van der Waals surface area contributed by atoms with Crippen molar-refractivity contribution >= 4 is 0 Å². The molecular formula is C26H42Zr. The van der Waals surface area contributed by atoms with E-state index in [-0.39, 0.29) is 26.2 Å². The molecule has 0 heterocycles. The Morgan fingerprint density at radius 2 is 0.963 bits per heavy atom. The zero-order valence-corrected chi connectivity index (χ0v) is 20.9. The van der Waals surface area contributed by atoms with Crippen molar-refractivity contribution in [2.45, 2.75) is 105 Å². The van der Waals surface area contributed by atoms with Crippen LogP contribution in [0.4, 0.5) is 0 Å². The third kappa shape index (κ3) is 11.2. The van der Waals surface area contributed by atoms with E-state index in [1.165, 1.54) is 77.0 Å². The van der Waals surface area contributed by atoms with E-state index in [0.717, 1.165) is 0 Å². The Bertz CT molecular complexity index is 451. The fourth-order valence-corrected chi connectivity index (χ4v) is 3.43. The molecule has 0 nitrogen and oxygen atoms in total. The van der Waals surface area contributed by atoms with Gasteiger partial charge in [-0.25, -0.2) is 24.3 Å². The molecule has 0 aliphatic heterocycles. The molecule has 0 aliphatic carbocycles. The Labute approximate surface area is 189 Å². The summed E-state index contributed by atoms with van der Waals surface area (Å²) in [6, 6.07) is 13.6. The maximum Gasteiger partial charge on any atom is 2.00 e. The quantitative estimate of drug-likeness (QED) is 0.289. The van der Waals surface area contributed by atoms with Gasteiger partial charge >= 0.3 is 26.2 Å². The molecule has 0 saturated carbocycles. The summed E-state index contributed by atoms with van der Waals surface area (Å²) in [5.41, 5.74) is 6.37. The molecule has 1 heteroatoms. The Hall–Kier alpha value is -0.417. The van der Waals surface area contributed by atoms with Gasteiger partial charge in [-0.05, 0) is 0 Å². The molecule has 0 amide bonds. The average Bonchev–Trinajstić information content (AvgIpc) is 3.30. The first-order chi connectivity index (χ1) is 12.8. The van der Waals surface area contributed by atoms with E-state index in [4.69, 9.17) is 0 Å². The van der Waals surface area contributed by atoms with Gasteiger partial charge in [0, 0.05) is 0 Å². The SMILES string of the molecule is CCCCc1ccc[c-]1CCCC.CCCCc1ccc[c-]1CCCC.[Zr+2]. The first-order valence-electron chi connectivity index (χ1n) is 11.2. The first kappa shape index (κ1) is 26.6. The predicted octanol–water partition coefficient (Wildman–Crippen LogP) is 8.18. The molecule has 0 bridgehead atoms. The molecule has 2 aromatic carbocycles. The van der Waals surface area contributed by atoms with Gasteiger partial charge in [-0.1, -0.05) is 105 Å². The molecule has 0 unspecified atom stereocenters. The minimum Gasteiger partial charge on any atom is -0.213 e. The zero-order valence-electron chi connectivity index (χ0n) is 18.4. The summed E-state index contributed by atoms with van der Waals surface area (Å²) >= 11 is 0. The molecule has 0 aliphatic rings. The van der Waals surface area contributed by atoms with Crippen molar-refractivity contribution in [3.63, 3.8) is 0 Å². The van der Waals surface area contributed by atoms with Gasteiger partial charge in [0.05, 0.1) is 0 Å². The monoisotopic (exact) mass is 444 g/mol. The van der Waals surface area contributed by atoms with Gasteiger partial charge in [0.15, 0.2) is 0 Å². The third-order valence-corrected chi connectivity index (χ3v) is 5.21. The Kier molecular flexibility index (Phi) is 17.4. The second kappa shape index (κ2) is 17.7. The smallest absolute Gasteiger partial charge is 0.213 e. The number of unbranched alkanes of at least 4 members (excludes halogenated alkanes) is 4. The van der Waals surface area contributed by atoms with Crippen LogP contribution >= 0.6 is 0 Å². The average molecular weight is 446 g/mol. The minimum absolute atomic E-state index is 0. The van der Waals surface area contributed by atoms with E-state index < -0.39 is 0 Å². The van der Waals surface area contributed by atoms with E-state index in [1.807, 2.05) is 0 Å². The van der Waals surface area contributed by atoms with Crippen LogP contribution in [0.25, 0.3) is 0 Å². The number of hydrogen-bond donors (Lipinski definition) is 0. The molecule has 2 aromatic rings. The van der Waals surface area contributed by atoms with Crippen molar-refractivity contribution in [2.75, 3.05) is 0 Å². The van der Waals surface area contributed by atoms with E-state index >= 15 is 0 Å². The van der Waals surface area contributed by atoms with E-state index in [2.05, 4.69) is 64.1 Å². The van der Waals surface area contributed by atoms with Crippen LogP contribution in [0.2, 0.25) is 0 Å². The van der Waals surface area contributed by atoms with Gasteiger partial charge in [-0.15, -0.1) is 0 Å². The molecular weight excluding hydrogens is 404 g/mol. The van der Waals surface area contributed by atoms with E-state index in [0.29, 0.717) is 0 Å². The third-order valence-electron chi connectivity index (χ3n) is 5.21. The van der Waals surface area contributed by atoms with Crippen LogP contribution in [0, 0.1) is 0 Å². The molecule has 27 heavy (non-hydrogen) atoms. The van der Waals surface area contributed by atoms with Crippen molar-refractivity contribution in [1.82, 2.24) is 0 Å². The molecule has 0 spiro atoms. The summed E-state index contributed by atoms with van der Waals surface area (Å²) in [6.45, 7) is 9.03. The summed E-state index contributed by atoms with van der Waals surface area (Å²) in [4.78, 5) is 0. The Morgan fingerprint density at radius 1 is 0.593 bits per heavy atom. The van der Waals surface area contributed by atoms with Crippen molar-refractivity contribution in [1.29, 1.82) is 0 Å². The van der Waals surface area contributed by atoms with Crippen LogP contribution in [0.15, 0.2) is 36.4 Å². The molecule has 150 valence electrons. The molecule has 0 aromatic heterocycles. The largest absolute Gasteiger partial charge is 2.00 e. The normalized spacial score (nSPS) is 10.2. The fraction of sp³-hybridized carbons (Fsp3) is 0.615. The molecule has 0 N–H and O–H groups in total. The first-order valence-corrected chi connectivity index (χ1v) is 11.2. The van der Waals surface area contributed by atoms with Crippen molar-refractivity contribution < 1.29 is 26.2 Å². The zero-order chi connectivity index (χ0) is 19.0. The maximum absolute atomic E-state index is 2.29. The molecule has 0 saturated heterocycles. The van der Waals surface area contributed by atoms with Gasteiger partial charge < -0.3 is 0 Å². The minimum atomic E-state index is 0. The molecule has 0 radical (unpaired) electrons. The summed E-state index contributed by atoms with van der Waals surface area (Å²) in [5.74, 6) is 0. The molecule has 0 atom stereocenters. The summed E-state index contributed by atoms with van der Waals surface area (Å²) < 4.78 is 0. The Balaban J connectivity index is 0.000000483. The van der Waals surface area contributed by atoms with Gasteiger partial charge in [0.2, 0.25) is 0 Å². The molecule has 2 rings (SSSR count). The molecule has 0 fully saturated rings. The maximum atomic E-state index is 2.29. The Morgan fingerprint density at radius 3 is 1.30 bits per heavy atom. The topological polar surface area (TPSA) is 0 Å². The van der Waals surface area contributed by atoms with E-state index in [9.17, 15) is 0 Å². The predicted molar refractivity (Wildman–Crippen MR) is 119 cm³/mol. The van der Waals surface area contributed by atoms with Gasteiger partial charge in [0.25, 0.3) is 0 Å². The standard InChI is InChI=1S/2C13H21.Zr/c2*1-3-5-8-12-10-7-11-13(12)9-6-4-2;/h2*7,10-11H,3-6,8-9H2,1-2H3;/q2*-1;+2. The fourth-order valence-electron chi connectivity index (χ4n) is 3.43. The summed E-state index contributed by atoms with van der Waals surface area (Å²) in [7, 11) is 0. The van der Waals surface area contributed by atoms with Crippen LogP contribution in [-0.2, 0) is 51.9 Å². The van der Waals surface area contributed by atoms with Crippen LogP contribution in [0.5, 0.6) is 0 Å². The summed E-state index contributed by atoms with van der Waals surface area (Å²) in [5, 5.41) is 0. The second-order valence-corrected chi connectivity index (χ2v) is 7.57. The van der Waals surface area contributed by atoms with E-state index in [1.54, 1.807) is 22.3 Å². The second-order valence-electron chi connectivity index (χ2n) is 7.57. The van der Waals surface area contributed by atoms with Crippen LogP contribution < -0.4 is 0 Å². The van der Waals surface area contributed by atoms with Crippen LogP contribution in [-0.4, -0.2) is 0 Å². The van der Waals surface area contributed by atoms with Crippen LogP contribution in [0.1, 0.15) is 101 Å². The summed E-state index contributed by atoms with van der Waals surface area (Å²) in [6.07, 6.45) is 15.7.